The number of carbonyl (C=O) groups is 1. The normalized spacial score (nSPS) is 15.1. The van der Waals surface area contributed by atoms with Crippen LogP contribution < -0.4 is 25.3 Å². The highest BCUT2D eigenvalue weighted by molar-refractivity contribution is 5.95. The Kier molecular flexibility index (Phi) is 5.72. The van der Waals surface area contributed by atoms with Crippen molar-refractivity contribution in [1.29, 1.82) is 0 Å². The lowest BCUT2D eigenvalue weighted by Gasteiger charge is -2.29. The highest BCUT2D eigenvalue weighted by Gasteiger charge is 2.35. The number of allylic oxidation sites excluding steroid dienone is 1. The van der Waals surface area contributed by atoms with Crippen LogP contribution in [0.15, 0.2) is 53.7 Å². The van der Waals surface area contributed by atoms with Crippen molar-refractivity contribution in [1.82, 2.24) is 14.8 Å². The average Bonchev–Trinajstić information content (AvgIpc) is 3.21. The molecule has 0 saturated heterocycles. The number of amides is 1. The molecule has 1 amide bonds. The number of rotatable bonds is 7. The number of hydrogen-bond donors (Lipinski definition) is 2. The van der Waals surface area contributed by atoms with E-state index in [1.165, 1.54) is 0 Å². The third-order valence-electron chi connectivity index (χ3n) is 5.27. The molecule has 0 radical (unpaired) electrons. The van der Waals surface area contributed by atoms with Crippen LogP contribution in [0.3, 0.4) is 0 Å². The molecule has 32 heavy (non-hydrogen) atoms. The number of carbonyl (C=O) groups excluding carboxylic acids is 1. The second kappa shape index (κ2) is 8.62. The van der Waals surface area contributed by atoms with Crippen molar-refractivity contribution >= 4 is 11.9 Å². The minimum absolute atomic E-state index is 0.368. The van der Waals surface area contributed by atoms with Crippen molar-refractivity contribution in [3.63, 3.8) is 0 Å². The maximum absolute atomic E-state index is 12.5. The number of nitrogens with one attached hydrogen (secondary N) is 1. The van der Waals surface area contributed by atoms with Gasteiger partial charge in [-0.2, -0.15) is 4.98 Å². The van der Waals surface area contributed by atoms with E-state index in [2.05, 4.69) is 10.3 Å². The molecule has 1 aliphatic heterocycles. The van der Waals surface area contributed by atoms with E-state index in [1.807, 2.05) is 43.3 Å². The topological polar surface area (TPSA) is 114 Å². The molecular weight excluding hydrogens is 410 g/mol. The smallest absolute Gasteiger partial charge is 0.248 e. The Hall–Kier alpha value is -4.01. The molecule has 0 aliphatic carbocycles. The van der Waals surface area contributed by atoms with Gasteiger partial charge in [0.1, 0.15) is 11.8 Å². The summed E-state index contributed by atoms with van der Waals surface area (Å²) < 4.78 is 18.2. The fraction of sp³-hybridized carbons (Fsp3) is 0.261. The van der Waals surface area contributed by atoms with Gasteiger partial charge in [-0.25, -0.2) is 4.68 Å². The van der Waals surface area contributed by atoms with Crippen LogP contribution in [0.25, 0.3) is 11.4 Å². The van der Waals surface area contributed by atoms with Gasteiger partial charge in [0, 0.05) is 16.8 Å². The van der Waals surface area contributed by atoms with Crippen molar-refractivity contribution in [3.8, 4) is 28.6 Å². The van der Waals surface area contributed by atoms with Crippen molar-refractivity contribution in [2.24, 2.45) is 5.73 Å². The third-order valence-corrected chi connectivity index (χ3v) is 5.27. The molecule has 9 nitrogen and oxygen atoms in total. The average molecular weight is 435 g/mol. The lowest BCUT2D eigenvalue weighted by Crippen LogP contribution is -2.32. The first kappa shape index (κ1) is 21.2. The monoisotopic (exact) mass is 435 g/mol. The zero-order valence-electron chi connectivity index (χ0n) is 18.4. The van der Waals surface area contributed by atoms with Crippen LogP contribution in [0, 0.1) is 0 Å². The van der Waals surface area contributed by atoms with E-state index in [0.29, 0.717) is 46.7 Å². The predicted molar refractivity (Wildman–Crippen MR) is 120 cm³/mol. The number of primary amides is 1. The van der Waals surface area contributed by atoms with Gasteiger partial charge in [-0.15, -0.1) is 5.10 Å². The largest absolute Gasteiger partial charge is 0.494 e. The molecule has 2 heterocycles. The quantitative estimate of drug-likeness (QED) is 0.586. The van der Waals surface area contributed by atoms with E-state index < -0.39 is 11.9 Å². The summed E-state index contributed by atoms with van der Waals surface area (Å²) in [5, 5.41) is 7.87. The van der Waals surface area contributed by atoms with Crippen LogP contribution in [0.2, 0.25) is 0 Å². The molecule has 0 bridgehead atoms. The minimum Gasteiger partial charge on any atom is -0.494 e. The van der Waals surface area contributed by atoms with Crippen LogP contribution in [0.4, 0.5) is 5.95 Å². The van der Waals surface area contributed by atoms with Crippen LogP contribution >= 0.6 is 0 Å². The zero-order valence-corrected chi connectivity index (χ0v) is 18.4. The number of benzene rings is 2. The van der Waals surface area contributed by atoms with Crippen molar-refractivity contribution in [2.75, 3.05) is 26.1 Å². The minimum atomic E-state index is -0.641. The van der Waals surface area contributed by atoms with Crippen molar-refractivity contribution in [2.45, 2.75) is 19.9 Å². The Morgan fingerprint density at radius 1 is 1.16 bits per heavy atom. The van der Waals surface area contributed by atoms with Gasteiger partial charge < -0.3 is 25.3 Å². The molecule has 3 aromatic rings. The predicted octanol–water partition coefficient (Wildman–Crippen LogP) is 3.14. The van der Waals surface area contributed by atoms with Crippen molar-refractivity contribution < 1.29 is 19.0 Å². The van der Waals surface area contributed by atoms with E-state index in [-0.39, 0.29) is 0 Å². The molecule has 0 saturated carbocycles. The van der Waals surface area contributed by atoms with Crippen molar-refractivity contribution in [3.05, 3.63) is 59.3 Å². The Balaban J connectivity index is 1.86. The van der Waals surface area contributed by atoms with E-state index in [4.69, 9.17) is 25.0 Å². The molecule has 1 atom stereocenters. The van der Waals surface area contributed by atoms with E-state index >= 15 is 0 Å². The number of methoxy groups -OCH3 is 2. The Bertz CT molecular complexity index is 1180. The fourth-order valence-corrected chi connectivity index (χ4v) is 3.87. The van der Waals surface area contributed by atoms with Gasteiger partial charge in [-0.05, 0) is 44.2 Å². The van der Waals surface area contributed by atoms with E-state index in [9.17, 15) is 4.79 Å². The molecule has 3 N–H and O–H groups in total. The van der Waals surface area contributed by atoms with Crippen LogP contribution in [-0.2, 0) is 4.79 Å². The van der Waals surface area contributed by atoms with Gasteiger partial charge >= 0.3 is 0 Å². The van der Waals surface area contributed by atoms with Gasteiger partial charge in [0.25, 0.3) is 0 Å². The number of hydrogen-bond acceptors (Lipinski definition) is 7. The van der Waals surface area contributed by atoms with Crippen LogP contribution in [0.1, 0.15) is 25.5 Å². The molecule has 1 unspecified atom stereocenters. The number of nitrogens with two attached hydrogens (primary N) is 1. The molecule has 166 valence electrons. The molecule has 9 heteroatoms. The summed E-state index contributed by atoms with van der Waals surface area (Å²) in [6.45, 7) is 4.31. The lowest BCUT2D eigenvalue weighted by atomic mass is 9.94. The molecular formula is C23H25N5O4. The maximum atomic E-state index is 12.5. The first-order valence-corrected chi connectivity index (χ1v) is 10.2. The molecule has 4 rings (SSSR count). The van der Waals surface area contributed by atoms with Gasteiger partial charge in [0.05, 0.1) is 26.4 Å². The highest BCUT2D eigenvalue weighted by Crippen LogP contribution is 2.43. The highest BCUT2D eigenvalue weighted by atomic mass is 16.5. The number of anilines is 1. The van der Waals surface area contributed by atoms with E-state index in [1.54, 1.807) is 31.9 Å². The SMILES string of the molecule is CCOc1ccc(-c2nc3n(n2)C(c2cccc(OC)c2OC)C(C(N)=O)=C(C)N3)cc1. The third kappa shape index (κ3) is 3.62. The van der Waals surface area contributed by atoms with Gasteiger partial charge in [-0.3, -0.25) is 4.79 Å². The van der Waals surface area contributed by atoms with Gasteiger partial charge in [0.15, 0.2) is 17.3 Å². The molecule has 2 aromatic carbocycles. The molecule has 0 fully saturated rings. The first-order chi connectivity index (χ1) is 15.5. The van der Waals surface area contributed by atoms with Gasteiger partial charge in [0.2, 0.25) is 11.9 Å². The number of nitrogens with zero attached hydrogens (tertiary/aromatic N) is 3. The second-order valence-corrected chi connectivity index (χ2v) is 7.17. The molecule has 1 aromatic heterocycles. The second-order valence-electron chi connectivity index (χ2n) is 7.17. The first-order valence-electron chi connectivity index (χ1n) is 10.2. The summed E-state index contributed by atoms with van der Waals surface area (Å²) in [5.74, 6) is 2.24. The van der Waals surface area contributed by atoms with E-state index in [0.717, 1.165) is 11.3 Å². The number of fused-ring (bicyclic) bond motifs is 1. The van der Waals surface area contributed by atoms with Crippen LogP contribution in [0.5, 0.6) is 17.2 Å². The fourth-order valence-electron chi connectivity index (χ4n) is 3.87. The van der Waals surface area contributed by atoms with Crippen LogP contribution in [-0.4, -0.2) is 41.5 Å². The summed E-state index contributed by atoms with van der Waals surface area (Å²) in [6, 6.07) is 12.4. The summed E-state index contributed by atoms with van der Waals surface area (Å²) in [7, 11) is 3.11. The summed E-state index contributed by atoms with van der Waals surface area (Å²) >= 11 is 0. The zero-order chi connectivity index (χ0) is 22.8. The van der Waals surface area contributed by atoms with Gasteiger partial charge in [-0.1, -0.05) is 12.1 Å². The number of para-hydroxylation sites is 1. The Labute approximate surface area is 185 Å². The number of ether oxygens (including phenoxy) is 3. The lowest BCUT2D eigenvalue weighted by molar-refractivity contribution is -0.115. The Morgan fingerprint density at radius 2 is 1.91 bits per heavy atom. The number of aromatic nitrogens is 3. The Morgan fingerprint density at radius 3 is 2.53 bits per heavy atom. The summed E-state index contributed by atoms with van der Waals surface area (Å²) in [4.78, 5) is 17.1. The standard InChI is InChI=1S/C23H25N5O4/c1-5-32-15-11-9-14(10-12-15)22-26-23-25-13(2)18(21(24)29)19(28(23)27-22)16-7-6-8-17(30-3)20(16)31-4/h6-12,19H,5H2,1-4H3,(H2,24,29)(H,25,26,27). The molecule has 0 spiro atoms. The maximum Gasteiger partial charge on any atom is 0.248 e. The molecule has 1 aliphatic rings. The summed E-state index contributed by atoms with van der Waals surface area (Å²) in [5.41, 5.74) is 8.25. The summed E-state index contributed by atoms with van der Waals surface area (Å²) in [6.07, 6.45) is 0.